The van der Waals surface area contributed by atoms with Crippen LogP contribution in [0.4, 0.5) is 5.82 Å². The number of halogens is 1. The van der Waals surface area contributed by atoms with Crippen molar-refractivity contribution in [3.05, 3.63) is 23.4 Å². The Labute approximate surface area is 128 Å². The fourth-order valence-corrected chi connectivity index (χ4v) is 2.90. The predicted molar refractivity (Wildman–Crippen MR) is 83.0 cm³/mol. The molecular formula is C15H18ClN3O2. The molecule has 112 valence electrons. The molecule has 1 aromatic carbocycles. The molecule has 0 bridgehead atoms. The molecule has 1 aromatic heterocycles. The van der Waals surface area contributed by atoms with E-state index in [4.69, 9.17) is 16.3 Å². The molecule has 3 rings (SSSR count). The van der Waals surface area contributed by atoms with E-state index < -0.39 is 0 Å². The number of nitrogens with one attached hydrogen (secondary N) is 1. The Bertz CT molecular complexity index is 642. The van der Waals surface area contributed by atoms with Gasteiger partial charge in [0.25, 0.3) is 0 Å². The number of hydrogen-bond donors (Lipinski definition) is 2. The van der Waals surface area contributed by atoms with Crippen LogP contribution < -0.4 is 10.1 Å². The molecule has 0 atom stereocenters. The van der Waals surface area contributed by atoms with Crippen molar-refractivity contribution in [2.75, 3.05) is 12.4 Å². The van der Waals surface area contributed by atoms with Crippen molar-refractivity contribution >= 4 is 28.5 Å². The maximum absolute atomic E-state index is 9.54. The summed E-state index contributed by atoms with van der Waals surface area (Å²) in [6.07, 6.45) is 5.13. The zero-order chi connectivity index (χ0) is 14.8. The van der Waals surface area contributed by atoms with E-state index in [0.29, 0.717) is 16.8 Å². The Morgan fingerprint density at radius 2 is 2.00 bits per heavy atom. The van der Waals surface area contributed by atoms with Crippen molar-refractivity contribution in [3.8, 4) is 5.75 Å². The number of benzene rings is 1. The lowest BCUT2D eigenvalue weighted by atomic mass is 9.93. The van der Waals surface area contributed by atoms with Gasteiger partial charge in [-0.1, -0.05) is 11.6 Å². The summed E-state index contributed by atoms with van der Waals surface area (Å²) in [5.74, 6) is 1.34. The number of anilines is 1. The molecule has 1 saturated carbocycles. The van der Waals surface area contributed by atoms with Crippen LogP contribution >= 0.6 is 11.6 Å². The molecule has 2 N–H and O–H groups in total. The third-order valence-electron chi connectivity index (χ3n) is 3.86. The van der Waals surface area contributed by atoms with E-state index >= 15 is 0 Å². The second-order valence-electron chi connectivity index (χ2n) is 5.38. The van der Waals surface area contributed by atoms with E-state index in [1.54, 1.807) is 25.4 Å². The molecule has 0 unspecified atom stereocenters. The van der Waals surface area contributed by atoms with Gasteiger partial charge < -0.3 is 15.2 Å². The van der Waals surface area contributed by atoms with Gasteiger partial charge in [-0.2, -0.15) is 0 Å². The SMILES string of the molecule is COc1cc2nc(N[C@H]3CC[C@H](O)CC3)cnc2cc1Cl. The molecule has 6 heteroatoms. The highest BCUT2D eigenvalue weighted by atomic mass is 35.5. The molecule has 0 spiro atoms. The van der Waals surface area contributed by atoms with Crippen molar-refractivity contribution in [1.82, 2.24) is 9.97 Å². The van der Waals surface area contributed by atoms with Crippen molar-refractivity contribution in [3.63, 3.8) is 0 Å². The smallest absolute Gasteiger partial charge is 0.145 e. The van der Waals surface area contributed by atoms with Gasteiger partial charge in [0.1, 0.15) is 11.6 Å². The summed E-state index contributed by atoms with van der Waals surface area (Å²) in [4.78, 5) is 8.95. The predicted octanol–water partition coefficient (Wildman–Crippen LogP) is 3.01. The number of hydrogen-bond acceptors (Lipinski definition) is 5. The van der Waals surface area contributed by atoms with Gasteiger partial charge in [-0.3, -0.25) is 4.98 Å². The second-order valence-corrected chi connectivity index (χ2v) is 5.79. The zero-order valence-corrected chi connectivity index (χ0v) is 12.6. The largest absolute Gasteiger partial charge is 0.495 e. The van der Waals surface area contributed by atoms with E-state index in [1.807, 2.05) is 0 Å². The maximum atomic E-state index is 9.54. The first kappa shape index (κ1) is 14.4. The minimum Gasteiger partial charge on any atom is -0.495 e. The number of ether oxygens (including phenoxy) is 1. The minimum absolute atomic E-state index is 0.155. The molecule has 2 aromatic rings. The molecule has 5 nitrogen and oxygen atoms in total. The number of aliphatic hydroxyl groups is 1. The van der Waals surface area contributed by atoms with Crippen LogP contribution in [0.3, 0.4) is 0 Å². The van der Waals surface area contributed by atoms with Gasteiger partial charge in [-0.15, -0.1) is 0 Å². The normalized spacial score (nSPS) is 22.2. The molecule has 1 heterocycles. The summed E-state index contributed by atoms with van der Waals surface area (Å²) in [6.45, 7) is 0. The van der Waals surface area contributed by atoms with Crippen molar-refractivity contribution in [2.24, 2.45) is 0 Å². The molecule has 0 amide bonds. The Balaban J connectivity index is 1.81. The first-order valence-corrected chi connectivity index (χ1v) is 7.48. The quantitative estimate of drug-likeness (QED) is 0.912. The summed E-state index contributed by atoms with van der Waals surface area (Å²) < 4.78 is 5.21. The van der Waals surface area contributed by atoms with Crippen LogP contribution in [-0.2, 0) is 0 Å². The standard InChI is InChI=1S/C15H18ClN3O2/c1-21-14-7-13-12(6-11(14)16)17-8-15(19-13)18-9-2-4-10(20)5-3-9/h6-10,20H,2-5H2,1H3,(H,18,19)/t9-,10-. The molecule has 21 heavy (non-hydrogen) atoms. The summed E-state index contributed by atoms with van der Waals surface area (Å²) in [5.41, 5.74) is 1.49. The van der Waals surface area contributed by atoms with Gasteiger partial charge in [-0.25, -0.2) is 4.98 Å². The van der Waals surface area contributed by atoms with E-state index in [1.165, 1.54) is 0 Å². The van der Waals surface area contributed by atoms with Crippen LogP contribution in [-0.4, -0.2) is 34.3 Å². The molecule has 0 aliphatic heterocycles. The summed E-state index contributed by atoms with van der Waals surface area (Å²) in [7, 11) is 1.58. The summed E-state index contributed by atoms with van der Waals surface area (Å²) in [6, 6.07) is 3.89. The number of methoxy groups -OCH3 is 1. The van der Waals surface area contributed by atoms with Crippen molar-refractivity contribution < 1.29 is 9.84 Å². The van der Waals surface area contributed by atoms with Crippen LogP contribution in [0, 0.1) is 0 Å². The third kappa shape index (κ3) is 3.19. The van der Waals surface area contributed by atoms with Crippen LogP contribution in [0.1, 0.15) is 25.7 Å². The number of nitrogens with zero attached hydrogens (tertiary/aromatic N) is 2. The number of aromatic nitrogens is 2. The van der Waals surface area contributed by atoms with Gasteiger partial charge in [0, 0.05) is 12.1 Å². The Morgan fingerprint density at radius 3 is 2.71 bits per heavy atom. The van der Waals surface area contributed by atoms with Gasteiger partial charge in [0.2, 0.25) is 0 Å². The molecule has 1 fully saturated rings. The lowest BCUT2D eigenvalue weighted by Crippen LogP contribution is -2.28. The number of fused-ring (bicyclic) bond motifs is 1. The average molecular weight is 308 g/mol. The Kier molecular flexibility index (Phi) is 4.12. The summed E-state index contributed by atoms with van der Waals surface area (Å²) >= 11 is 6.08. The fraction of sp³-hybridized carbons (Fsp3) is 0.467. The molecular weight excluding hydrogens is 290 g/mol. The highest BCUT2D eigenvalue weighted by Crippen LogP contribution is 2.29. The number of aliphatic hydroxyl groups excluding tert-OH is 1. The topological polar surface area (TPSA) is 67.3 Å². The van der Waals surface area contributed by atoms with Gasteiger partial charge in [0.05, 0.1) is 35.5 Å². The Morgan fingerprint density at radius 1 is 1.24 bits per heavy atom. The van der Waals surface area contributed by atoms with E-state index in [-0.39, 0.29) is 6.10 Å². The highest BCUT2D eigenvalue weighted by Gasteiger charge is 2.19. The van der Waals surface area contributed by atoms with Crippen LogP contribution in [0.15, 0.2) is 18.3 Å². The number of rotatable bonds is 3. The molecule has 0 radical (unpaired) electrons. The minimum atomic E-state index is -0.155. The Hall–Kier alpha value is -1.59. The third-order valence-corrected chi connectivity index (χ3v) is 4.16. The van der Waals surface area contributed by atoms with E-state index in [0.717, 1.165) is 42.5 Å². The fourth-order valence-electron chi connectivity index (χ4n) is 2.67. The first-order chi connectivity index (χ1) is 10.2. The van der Waals surface area contributed by atoms with Gasteiger partial charge in [-0.05, 0) is 31.7 Å². The van der Waals surface area contributed by atoms with Crippen molar-refractivity contribution in [1.29, 1.82) is 0 Å². The average Bonchev–Trinajstić information content (AvgIpc) is 2.49. The molecule has 1 aliphatic carbocycles. The van der Waals surface area contributed by atoms with E-state index in [2.05, 4.69) is 15.3 Å². The lowest BCUT2D eigenvalue weighted by molar-refractivity contribution is 0.126. The molecule has 0 saturated heterocycles. The van der Waals surface area contributed by atoms with Crippen LogP contribution in [0.2, 0.25) is 5.02 Å². The van der Waals surface area contributed by atoms with Gasteiger partial charge >= 0.3 is 0 Å². The molecule has 1 aliphatic rings. The summed E-state index contributed by atoms with van der Waals surface area (Å²) in [5, 5.41) is 13.5. The monoisotopic (exact) mass is 307 g/mol. The van der Waals surface area contributed by atoms with Gasteiger partial charge in [0.15, 0.2) is 0 Å². The van der Waals surface area contributed by atoms with Crippen LogP contribution in [0.25, 0.3) is 11.0 Å². The second kappa shape index (κ2) is 6.03. The van der Waals surface area contributed by atoms with Crippen LogP contribution in [0.5, 0.6) is 5.75 Å². The highest BCUT2D eigenvalue weighted by molar-refractivity contribution is 6.32. The van der Waals surface area contributed by atoms with Crippen molar-refractivity contribution in [2.45, 2.75) is 37.8 Å². The van der Waals surface area contributed by atoms with E-state index in [9.17, 15) is 5.11 Å². The maximum Gasteiger partial charge on any atom is 0.145 e. The lowest BCUT2D eigenvalue weighted by Gasteiger charge is -2.26. The zero-order valence-electron chi connectivity index (χ0n) is 11.8. The first-order valence-electron chi connectivity index (χ1n) is 7.10.